The van der Waals surface area contributed by atoms with E-state index in [9.17, 15) is 9.59 Å². The van der Waals surface area contributed by atoms with Crippen molar-refractivity contribution in [1.82, 2.24) is 4.90 Å². The zero-order valence-electron chi connectivity index (χ0n) is 14.7. The number of hydrogen-bond donors (Lipinski definition) is 1. The van der Waals surface area contributed by atoms with E-state index in [4.69, 9.17) is 4.74 Å². The summed E-state index contributed by atoms with van der Waals surface area (Å²) in [5, 5.41) is 2.79. The van der Waals surface area contributed by atoms with Crippen LogP contribution in [0.5, 0.6) is 5.75 Å². The van der Waals surface area contributed by atoms with Crippen LogP contribution >= 0.6 is 0 Å². The van der Waals surface area contributed by atoms with Gasteiger partial charge in [0.05, 0.1) is 13.2 Å². The van der Waals surface area contributed by atoms with Crippen molar-refractivity contribution in [3.63, 3.8) is 0 Å². The maximum atomic E-state index is 12.1. The van der Waals surface area contributed by atoms with Gasteiger partial charge in [-0.25, -0.2) is 0 Å². The van der Waals surface area contributed by atoms with Crippen molar-refractivity contribution in [2.45, 2.75) is 19.8 Å². The lowest BCUT2D eigenvalue weighted by Gasteiger charge is -2.17. The van der Waals surface area contributed by atoms with Gasteiger partial charge in [-0.05, 0) is 37.6 Å². The maximum Gasteiger partial charge on any atom is 0.243 e. The number of ether oxygens (including phenoxy) is 1. The Kier molecular flexibility index (Phi) is 7.01. The van der Waals surface area contributed by atoms with Crippen LogP contribution in [0.25, 0.3) is 0 Å². The van der Waals surface area contributed by atoms with Gasteiger partial charge in [0, 0.05) is 19.2 Å². The number of benzene rings is 2. The lowest BCUT2D eigenvalue weighted by atomic mass is 10.2. The van der Waals surface area contributed by atoms with Crippen LogP contribution in [0.1, 0.15) is 18.4 Å². The number of nitrogens with one attached hydrogen (secondary N) is 1. The Morgan fingerprint density at radius 3 is 2.40 bits per heavy atom. The average Bonchev–Trinajstić information content (AvgIpc) is 2.61. The van der Waals surface area contributed by atoms with Crippen molar-refractivity contribution in [2.24, 2.45) is 0 Å². The van der Waals surface area contributed by atoms with Gasteiger partial charge in [-0.1, -0.05) is 35.9 Å². The summed E-state index contributed by atoms with van der Waals surface area (Å²) in [4.78, 5) is 25.5. The van der Waals surface area contributed by atoms with Gasteiger partial charge in [-0.15, -0.1) is 0 Å². The molecule has 0 heterocycles. The van der Waals surface area contributed by atoms with E-state index < -0.39 is 0 Å². The molecule has 2 rings (SSSR count). The first-order valence-corrected chi connectivity index (χ1v) is 8.33. The highest BCUT2D eigenvalue weighted by molar-refractivity contribution is 5.94. The molecule has 0 aliphatic heterocycles. The first-order chi connectivity index (χ1) is 12.0. The van der Waals surface area contributed by atoms with Crippen LogP contribution in [0.3, 0.4) is 0 Å². The molecule has 0 fully saturated rings. The number of nitrogens with zero attached hydrogens (tertiary/aromatic N) is 1. The van der Waals surface area contributed by atoms with Gasteiger partial charge >= 0.3 is 0 Å². The third kappa shape index (κ3) is 6.67. The summed E-state index contributed by atoms with van der Waals surface area (Å²) in [6.07, 6.45) is 0.957. The molecule has 5 heteroatoms. The van der Waals surface area contributed by atoms with Crippen LogP contribution in [-0.2, 0) is 9.59 Å². The summed E-state index contributed by atoms with van der Waals surface area (Å²) in [5.41, 5.74) is 1.86. The van der Waals surface area contributed by atoms with Crippen molar-refractivity contribution in [3.05, 3.63) is 60.2 Å². The highest BCUT2D eigenvalue weighted by Crippen LogP contribution is 2.10. The fourth-order valence-electron chi connectivity index (χ4n) is 2.26. The molecule has 1 N–H and O–H groups in total. The van der Waals surface area contributed by atoms with E-state index in [0.29, 0.717) is 19.4 Å². The zero-order chi connectivity index (χ0) is 18.1. The Balaban J connectivity index is 1.67. The third-order valence-corrected chi connectivity index (χ3v) is 3.69. The normalized spacial score (nSPS) is 10.2. The summed E-state index contributed by atoms with van der Waals surface area (Å²) in [5.74, 6) is 0.511. The van der Waals surface area contributed by atoms with E-state index in [0.717, 1.165) is 17.0 Å². The average molecular weight is 340 g/mol. The van der Waals surface area contributed by atoms with E-state index in [1.807, 2.05) is 61.5 Å². The SMILES string of the molecule is Cc1ccc(NC(=O)CN(C)C(=O)CCCOc2ccccc2)cc1. The fraction of sp³-hybridized carbons (Fsp3) is 0.300. The number of carbonyl (C=O) groups excluding carboxylic acids is 2. The van der Waals surface area contributed by atoms with Gasteiger partial charge < -0.3 is 15.0 Å². The van der Waals surface area contributed by atoms with Gasteiger partial charge in [0.2, 0.25) is 11.8 Å². The maximum absolute atomic E-state index is 12.1. The van der Waals surface area contributed by atoms with Gasteiger partial charge in [0.1, 0.15) is 5.75 Å². The topological polar surface area (TPSA) is 58.6 Å². The van der Waals surface area contributed by atoms with E-state index in [1.54, 1.807) is 7.05 Å². The number of aryl methyl sites for hydroxylation is 1. The second-order valence-corrected chi connectivity index (χ2v) is 5.93. The van der Waals surface area contributed by atoms with Crippen molar-refractivity contribution < 1.29 is 14.3 Å². The third-order valence-electron chi connectivity index (χ3n) is 3.69. The molecule has 2 aromatic carbocycles. The molecule has 0 unspecified atom stereocenters. The Bertz CT molecular complexity index is 684. The second kappa shape index (κ2) is 9.47. The minimum Gasteiger partial charge on any atom is -0.494 e. The molecule has 25 heavy (non-hydrogen) atoms. The molecule has 0 aromatic heterocycles. The molecule has 0 saturated carbocycles. The summed E-state index contributed by atoms with van der Waals surface area (Å²) >= 11 is 0. The van der Waals surface area contributed by atoms with Crippen molar-refractivity contribution >= 4 is 17.5 Å². The smallest absolute Gasteiger partial charge is 0.243 e. The largest absolute Gasteiger partial charge is 0.494 e. The predicted molar refractivity (Wildman–Crippen MR) is 98.6 cm³/mol. The zero-order valence-corrected chi connectivity index (χ0v) is 14.7. The minimum atomic E-state index is -0.208. The summed E-state index contributed by atoms with van der Waals surface area (Å²) < 4.78 is 5.56. The molecule has 0 spiro atoms. The fourth-order valence-corrected chi connectivity index (χ4v) is 2.26. The molecular weight excluding hydrogens is 316 g/mol. The molecule has 2 aromatic rings. The predicted octanol–water partition coefficient (Wildman–Crippen LogP) is 3.25. The van der Waals surface area contributed by atoms with Gasteiger partial charge in [-0.2, -0.15) is 0 Å². The first-order valence-electron chi connectivity index (χ1n) is 8.33. The number of carbonyl (C=O) groups is 2. The van der Waals surface area contributed by atoms with Crippen molar-refractivity contribution in [3.8, 4) is 5.75 Å². The Hall–Kier alpha value is -2.82. The van der Waals surface area contributed by atoms with Crippen LogP contribution < -0.4 is 10.1 Å². The van der Waals surface area contributed by atoms with Crippen LogP contribution in [0.2, 0.25) is 0 Å². The number of para-hydroxylation sites is 1. The molecule has 132 valence electrons. The van der Waals surface area contributed by atoms with E-state index in [-0.39, 0.29) is 18.4 Å². The lowest BCUT2D eigenvalue weighted by molar-refractivity contribution is -0.133. The van der Waals surface area contributed by atoms with Gasteiger partial charge in [0.15, 0.2) is 0 Å². The lowest BCUT2D eigenvalue weighted by Crippen LogP contribution is -2.34. The quantitative estimate of drug-likeness (QED) is 0.751. The number of amides is 2. The van der Waals surface area contributed by atoms with E-state index >= 15 is 0 Å². The van der Waals surface area contributed by atoms with Crippen LogP contribution in [0, 0.1) is 6.92 Å². The number of anilines is 1. The standard InChI is InChI=1S/C20H24N2O3/c1-16-10-12-17(13-11-16)21-19(23)15-22(2)20(24)9-6-14-25-18-7-4-3-5-8-18/h3-5,7-8,10-13H,6,9,14-15H2,1-2H3,(H,21,23). The highest BCUT2D eigenvalue weighted by atomic mass is 16.5. The summed E-state index contributed by atoms with van der Waals surface area (Å²) in [7, 11) is 1.63. The Labute approximate surface area is 148 Å². The van der Waals surface area contributed by atoms with Crippen LogP contribution in [-0.4, -0.2) is 36.9 Å². The van der Waals surface area contributed by atoms with Gasteiger partial charge in [-0.3, -0.25) is 9.59 Å². The second-order valence-electron chi connectivity index (χ2n) is 5.93. The molecule has 0 saturated heterocycles. The Morgan fingerprint density at radius 2 is 1.72 bits per heavy atom. The van der Waals surface area contributed by atoms with E-state index in [1.165, 1.54) is 4.90 Å². The number of rotatable bonds is 8. The van der Waals surface area contributed by atoms with Gasteiger partial charge in [0.25, 0.3) is 0 Å². The molecule has 5 nitrogen and oxygen atoms in total. The van der Waals surface area contributed by atoms with Crippen LogP contribution in [0.15, 0.2) is 54.6 Å². The molecule has 0 radical (unpaired) electrons. The minimum absolute atomic E-state index is 0.0340. The molecule has 0 aliphatic rings. The van der Waals surface area contributed by atoms with Crippen LogP contribution in [0.4, 0.5) is 5.69 Å². The molecule has 2 amide bonds. The van der Waals surface area contributed by atoms with E-state index in [2.05, 4.69) is 5.32 Å². The molecule has 0 bridgehead atoms. The highest BCUT2D eigenvalue weighted by Gasteiger charge is 2.12. The monoisotopic (exact) mass is 340 g/mol. The molecular formula is C20H24N2O3. The number of likely N-dealkylation sites (N-methyl/N-ethyl adjacent to an activating group) is 1. The van der Waals surface area contributed by atoms with Crippen molar-refractivity contribution in [2.75, 3.05) is 25.5 Å². The first kappa shape index (κ1) is 18.5. The molecule has 0 atom stereocenters. The Morgan fingerprint density at radius 1 is 1.04 bits per heavy atom. The summed E-state index contributed by atoms with van der Waals surface area (Å²) in [6, 6.07) is 17.0. The number of hydrogen-bond acceptors (Lipinski definition) is 3. The van der Waals surface area contributed by atoms with Crippen molar-refractivity contribution in [1.29, 1.82) is 0 Å². The molecule has 0 aliphatic carbocycles. The summed E-state index contributed by atoms with van der Waals surface area (Å²) in [6.45, 7) is 2.49.